The summed E-state index contributed by atoms with van der Waals surface area (Å²) in [4.78, 5) is 14.8. The molecule has 1 aliphatic heterocycles. The molecule has 0 bridgehead atoms. The van der Waals surface area contributed by atoms with Crippen molar-refractivity contribution < 1.29 is 9.53 Å². The Morgan fingerprint density at radius 1 is 1.23 bits per heavy atom. The molecule has 0 atom stereocenters. The molecular weight excluding hydrogens is 346 g/mol. The number of hydrogen-bond donors (Lipinski definition) is 0. The van der Waals surface area contributed by atoms with Gasteiger partial charge >= 0.3 is 0 Å². The quantitative estimate of drug-likeness (QED) is 0.502. The molecule has 4 heteroatoms. The number of nitrogens with zero attached hydrogens (tertiary/aromatic N) is 1. The standard InChI is InChI=1S/C22H22ClNO2/c1-4-11-26-21-10-9-16(13-19(21)23)12-18-17-7-5-6-8-20(17)24(22(18)25)14-15(2)3/h4-10,12-13,15H,1,11,14H2,2-3H3/b18-12-. The number of fused-ring (bicyclic) bond motifs is 1. The Morgan fingerprint density at radius 2 is 2.00 bits per heavy atom. The number of hydrogen-bond acceptors (Lipinski definition) is 2. The normalized spacial score (nSPS) is 14.8. The van der Waals surface area contributed by atoms with E-state index in [1.807, 2.05) is 53.4 Å². The molecule has 1 aliphatic rings. The molecule has 134 valence electrons. The van der Waals surface area contributed by atoms with E-state index in [4.69, 9.17) is 16.3 Å². The molecule has 3 rings (SSSR count). The summed E-state index contributed by atoms with van der Waals surface area (Å²) < 4.78 is 5.50. The number of para-hydroxylation sites is 1. The summed E-state index contributed by atoms with van der Waals surface area (Å²) >= 11 is 6.30. The fourth-order valence-electron chi connectivity index (χ4n) is 3.03. The van der Waals surface area contributed by atoms with E-state index in [0.717, 1.165) is 16.8 Å². The molecule has 0 saturated carbocycles. The van der Waals surface area contributed by atoms with Crippen LogP contribution in [0.5, 0.6) is 5.75 Å². The van der Waals surface area contributed by atoms with Crippen molar-refractivity contribution in [3.05, 3.63) is 71.3 Å². The first-order chi connectivity index (χ1) is 12.5. The molecule has 0 saturated heterocycles. The van der Waals surface area contributed by atoms with Crippen LogP contribution in [0.1, 0.15) is 25.0 Å². The fourth-order valence-corrected chi connectivity index (χ4v) is 3.28. The zero-order valence-electron chi connectivity index (χ0n) is 15.0. The molecule has 0 unspecified atom stereocenters. The molecule has 1 amide bonds. The first-order valence-corrected chi connectivity index (χ1v) is 9.05. The van der Waals surface area contributed by atoms with Gasteiger partial charge in [0.2, 0.25) is 0 Å². The number of halogens is 1. The second-order valence-electron chi connectivity index (χ2n) is 6.67. The lowest BCUT2D eigenvalue weighted by Gasteiger charge is -2.19. The van der Waals surface area contributed by atoms with Gasteiger partial charge in [-0.05, 0) is 35.8 Å². The van der Waals surface area contributed by atoms with Crippen molar-refractivity contribution in [3.63, 3.8) is 0 Å². The third-order valence-corrected chi connectivity index (χ3v) is 4.43. The summed E-state index contributed by atoms with van der Waals surface area (Å²) in [5.74, 6) is 1.03. The average molecular weight is 368 g/mol. The number of ether oxygens (including phenoxy) is 1. The SMILES string of the molecule is C=CCOc1ccc(/C=C2\C(=O)N(CC(C)C)c3ccccc32)cc1Cl. The Balaban J connectivity index is 1.97. The van der Waals surface area contributed by atoms with Crippen LogP contribution in [-0.4, -0.2) is 19.1 Å². The molecule has 1 heterocycles. The van der Waals surface area contributed by atoms with Crippen molar-refractivity contribution in [2.45, 2.75) is 13.8 Å². The average Bonchev–Trinajstić information content (AvgIpc) is 2.87. The van der Waals surface area contributed by atoms with Gasteiger partial charge in [0.25, 0.3) is 5.91 Å². The van der Waals surface area contributed by atoms with E-state index in [1.54, 1.807) is 6.08 Å². The van der Waals surface area contributed by atoms with Crippen molar-refractivity contribution in [3.8, 4) is 5.75 Å². The van der Waals surface area contributed by atoms with Gasteiger partial charge in [0.1, 0.15) is 12.4 Å². The van der Waals surface area contributed by atoms with Crippen molar-refractivity contribution in [1.82, 2.24) is 0 Å². The third kappa shape index (κ3) is 3.68. The molecule has 0 fully saturated rings. The molecule has 2 aromatic carbocycles. The lowest BCUT2D eigenvalue weighted by Crippen LogP contribution is -2.30. The van der Waals surface area contributed by atoms with Gasteiger partial charge in [-0.25, -0.2) is 0 Å². The fraction of sp³-hybridized carbons (Fsp3) is 0.227. The first kappa shape index (κ1) is 18.3. The highest BCUT2D eigenvalue weighted by Gasteiger charge is 2.32. The van der Waals surface area contributed by atoms with Gasteiger partial charge in [0, 0.05) is 17.7 Å². The molecule has 0 radical (unpaired) electrons. The summed E-state index contributed by atoms with van der Waals surface area (Å²) in [6, 6.07) is 13.4. The molecule has 0 N–H and O–H groups in total. The molecule has 3 nitrogen and oxygen atoms in total. The predicted octanol–water partition coefficient (Wildman–Crippen LogP) is 5.45. The third-order valence-electron chi connectivity index (χ3n) is 4.13. The van der Waals surface area contributed by atoms with Gasteiger partial charge in [0.05, 0.1) is 10.7 Å². The summed E-state index contributed by atoms with van der Waals surface area (Å²) in [5.41, 5.74) is 3.48. The minimum atomic E-state index is 0.0306. The van der Waals surface area contributed by atoms with Crippen LogP contribution in [0.4, 0.5) is 5.69 Å². The zero-order chi connectivity index (χ0) is 18.7. The monoisotopic (exact) mass is 367 g/mol. The van der Waals surface area contributed by atoms with E-state index in [0.29, 0.717) is 35.4 Å². The maximum Gasteiger partial charge on any atom is 0.259 e. The number of rotatable bonds is 6. The van der Waals surface area contributed by atoms with E-state index >= 15 is 0 Å². The van der Waals surface area contributed by atoms with Crippen LogP contribution >= 0.6 is 11.6 Å². The smallest absolute Gasteiger partial charge is 0.259 e. The topological polar surface area (TPSA) is 29.5 Å². The van der Waals surface area contributed by atoms with E-state index in [2.05, 4.69) is 20.4 Å². The van der Waals surface area contributed by atoms with E-state index in [9.17, 15) is 4.79 Å². The van der Waals surface area contributed by atoms with Gasteiger partial charge in [0.15, 0.2) is 0 Å². The van der Waals surface area contributed by atoms with Gasteiger partial charge < -0.3 is 9.64 Å². The van der Waals surface area contributed by atoms with Crippen molar-refractivity contribution in [2.75, 3.05) is 18.1 Å². The van der Waals surface area contributed by atoms with Crippen molar-refractivity contribution in [2.24, 2.45) is 5.92 Å². The highest BCUT2D eigenvalue weighted by atomic mass is 35.5. The van der Waals surface area contributed by atoms with Crippen LogP contribution in [-0.2, 0) is 4.79 Å². The summed E-state index contributed by atoms with van der Waals surface area (Å²) in [5, 5.41) is 0.513. The second kappa shape index (κ2) is 7.79. The minimum absolute atomic E-state index is 0.0306. The van der Waals surface area contributed by atoms with Crippen LogP contribution < -0.4 is 9.64 Å². The zero-order valence-corrected chi connectivity index (χ0v) is 15.8. The van der Waals surface area contributed by atoms with Crippen molar-refractivity contribution in [1.29, 1.82) is 0 Å². The lowest BCUT2D eigenvalue weighted by atomic mass is 10.0. The number of anilines is 1. The van der Waals surface area contributed by atoms with E-state index < -0.39 is 0 Å². The Kier molecular flexibility index (Phi) is 5.48. The minimum Gasteiger partial charge on any atom is -0.488 e. The van der Waals surface area contributed by atoms with E-state index in [-0.39, 0.29) is 5.91 Å². The van der Waals surface area contributed by atoms with Crippen LogP contribution in [0.15, 0.2) is 55.1 Å². The summed E-state index contributed by atoms with van der Waals surface area (Å²) in [6.45, 7) is 8.95. The van der Waals surface area contributed by atoms with Crippen LogP contribution in [0.25, 0.3) is 11.6 Å². The van der Waals surface area contributed by atoms with Crippen LogP contribution in [0, 0.1) is 5.92 Å². The Morgan fingerprint density at radius 3 is 2.69 bits per heavy atom. The van der Waals surface area contributed by atoms with E-state index in [1.165, 1.54) is 0 Å². The second-order valence-corrected chi connectivity index (χ2v) is 7.08. The highest BCUT2D eigenvalue weighted by Crippen LogP contribution is 2.38. The largest absolute Gasteiger partial charge is 0.488 e. The van der Waals surface area contributed by atoms with Gasteiger partial charge in [-0.3, -0.25) is 4.79 Å². The number of amides is 1. The Bertz CT molecular complexity index is 870. The summed E-state index contributed by atoms with van der Waals surface area (Å²) in [6.07, 6.45) is 3.56. The predicted molar refractivity (Wildman–Crippen MR) is 109 cm³/mol. The maximum absolute atomic E-state index is 13.0. The highest BCUT2D eigenvalue weighted by molar-refractivity contribution is 6.36. The number of benzene rings is 2. The molecule has 2 aromatic rings. The molecular formula is C22H22ClNO2. The maximum atomic E-state index is 13.0. The lowest BCUT2D eigenvalue weighted by molar-refractivity contribution is -0.113. The number of carbonyl (C=O) groups is 1. The molecule has 0 aliphatic carbocycles. The number of carbonyl (C=O) groups excluding carboxylic acids is 1. The van der Waals surface area contributed by atoms with Gasteiger partial charge in [-0.1, -0.05) is 62.4 Å². The van der Waals surface area contributed by atoms with Crippen LogP contribution in [0.2, 0.25) is 5.02 Å². The van der Waals surface area contributed by atoms with Gasteiger partial charge in [-0.2, -0.15) is 0 Å². The van der Waals surface area contributed by atoms with Crippen LogP contribution in [0.3, 0.4) is 0 Å². The first-order valence-electron chi connectivity index (χ1n) is 8.67. The van der Waals surface area contributed by atoms with Gasteiger partial charge in [-0.15, -0.1) is 0 Å². The Labute approximate surface area is 159 Å². The molecule has 0 spiro atoms. The Hall–Kier alpha value is -2.52. The van der Waals surface area contributed by atoms with Crippen molar-refractivity contribution >= 4 is 34.8 Å². The summed E-state index contributed by atoms with van der Waals surface area (Å²) in [7, 11) is 0. The molecule has 0 aromatic heterocycles. The molecule has 26 heavy (non-hydrogen) atoms.